The summed E-state index contributed by atoms with van der Waals surface area (Å²) < 4.78 is 6.23. The van der Waals surface area contributed by atoms with E-state index in [1.165, 1.54) is 0 Å². The molecule has 0 spiro atoms. The first kappa shape index (κ1) is 19.6. The molecule has 2 aliphatic rings. The number of ether oxygens (including phenoxy) is 1. The predicted octanol–water partition coefficient (Wildman–Crippen LogP) is 2.42. The van der Waals surface area contributed by atoms with Crippen LogP contribution in [0.3, 0.4) is 0 Å². The van der Waals surface area contributed by atoms with Gasteiger partial charge < -0.3 is 15.0 Å². The van der Waals surface area contributed by atoms with Gasteiger partial charge in [0.15, 0.2) is 0 Å². The first-order valence-electron chi connectivity index (χ1n) is 9.66. The van der Waals surface area contributed by atoms with Crippen LogP contribution in [-0.2, 0) is 4.74 Å². The molecular formula is C21H29N5O. The standard InChI is InChI=1S/C21H29N5O/c1-4-5-19-20(7-6-17(12-22)21(19)23-3)26-13-16(2)27-18(15-26)14-25-10-8-24-9-11-25/h4-7,16,18,24H,3,8-11,13-15H2,1-2H3/b5-4-/t16-,18+/m1/s1. The molecule has 144 valence electrons. The number of nitrogens with zero attached hydrogens (tertiary/aromatic N) is 4. The largest absolute Gasteiger partial charge is 0.370 e. The molecule has 0 saturated carbocycles. The number of hydrogen-bond acceptors (Lipinski definition) is 6. The van der Waals surface area contributed by atoms with Crippen molar-refractivity contribution < 1.29 is 4.74 Å². The fourth-order valence-corrected chi connectivity index (χ4v) is 3.99. The Balaban J connectivity index is 1.85. The summed E-state index contributed by atoms with van der Waals surface area (Å²) in [6.07, 6.45) is 4.32. The number of hydrogen-bond donors (Lipinski definition) is 1. The van der Waals surface area contributed by atoms with Crippen LogP contribution in [0.1, 0.15) is 25.0 Å². The number of nitrogens with one attached hydrogen (secondary N) is 1. The lowest BCUT2D eigenvalue weighted by molar-refractivity contribution is -0.0335. The summed E-state index contributed by atoms with van der Waals surface area (Å²) in [5.74, 6) is 0. The topological polar surface area (TPSA) is 63.9 Å². The lowest BCUT2D eigenvalue weighted by Crippen LogP contribution is -2.53. The summed E-state index contributed by atoms with van der Waals surface area (Å²) in [5, 5.41) is 12.8. The van der Waals surface area contributed by atoms with Crippen LogP contribution >= 0.6 is 0 Å². The molecule has 2 saturated heterocycles. The second-order valence-electron chi connectivity index (χ2n) is 7.19. The molecule has 0 aromatic heterocycles. The van der Waals surface area contributed by atoms with Crippen LogP contribution in [0.15, 0.2) is 23.2 Å². The molecule has 2 heterocycles. The van der Waals surface area contributed by atoms with Crippen molar-refractivity contribution in [3.05, 3.63) is 29.3 Å². The van der Waals surface area contributed by atoms with Crippen LogP contribution in [0.2, 0.25) is 0 Å². The van der Waals surface area contributed by atoms with Gasteiger partial charge in [0.2, 0.25) is 0 Å². The molecule has 1 aromatic carbocycles. The highest BCUT2D eigenvalue weighted by atomic mass is 16.5. The van der Waals surface area contributed by atoms with Gasteiger partial charge in [-0.1, -0.05) is 12.2 Å². The van der Waals surface area contributed by atoms with Crippen molar-refractivity contribution in [1.82, 2.24) is 10.2 Å². The van der Waals surface area contributed by atoms with Crippen LogP contribution in [0.25, 0.3) is 6.08 Å². The summed E-state index contributed by atoms with van der Waals surface area (Å²) in [4.78, 5) is 8.99. The molecule has 1 N–H and O–H groups in total. The van der Waals surface area contributed by atoms with Gasteiger partial charge >= 0.3 is 0 Å². The third-order valence-corrected chi connectivity index (χ3v) is 5.14. The van der Waals surface area contributed by atoms with Crippen LogP contribution in [0.4, 0.5) is 11.4 Å². The summed E-state index contributed by atoms with van der Waals surface area (Å²) in [7, 11) is 0. The number of aliphatic imine (C=N–C) groups is 1. The molecule has 2 atom stereocenters. The van der Waals surface area contributed by atoms with Crippen molar-refractivity contribution in [2.75, 3.05) is 50.7 Å². The number of benzene rings is 1. The molecule has 0 bridgehead atoms. The van der Waals surface area contributed by atoms with E-state index >= 15 is 0 Å². The smallest absolute Gasteiger partial charge is 0.101 e. The second-order valence-corrected chi connectivity index (χ2v) is 7.19. The number of anilines is 1. The Kier molecular flexibility index (Phi) is 6.62. The zero-order valence-electron chi connectivity index (χ0n) is 16.3. The van der Waals surface area contributed by atoms with Gasteiger partial charge in [-0.25, -0.2) is 0 Å². The maximum Gasteiger partial charge on any atom is 0.101 e. The monoisotopic (exact) mass is 367 g/mol. The predicted molar refractivity (Wildman–Crippen MR) is 111 cm³/mol. The third-order valence-electron chi connectivity index (χ3n) is 5.14. The van der Waals surface area contributed by atoms with Gasteiger partial charge in [0.1, 0.15) is 6.07 Å². The zero-order valence-corrected chi connectivity index (χ0v) is 16.3. The van der Waals surface area contributed by atoms with E-state index in [1.807, 2.05) is 31.2 Å². The van der Waals surface area contributed by atoms with Crippen molar-refractivity contribution in [3.63, 3.8) is 0 Å². The molecule has 0 radical (unpaired) electrons. The molecule has 6 nitrogen and oxygen atoms in total. The molecule has 2 fully saturated rings. The van der Waals surface area contributed by atoms with E-state index in [0.717, 1.165) is 57.1 Å². The number of piperazine rings is 1. The minimum atomic E-state index is 0.154. The van der Waals surface area contributed by atoms with Gasteiger partial charge in [-0.15, -0.1) is 0 Å². The molecule has 27 heavy (non-hydrogen) atoms. The number of nitriles is 1. The molecule has 0 amide bonds. The van der Waals surface area contributed by atoms with Crippen LogP contribution in [-0.4, -0.2) is 69.6 Å². The summed E-state index contributed by atoms with van der Waals surface area (Å²) in [6, 6.07) is 6.10. The maximum atomic E-state index is 9.40. The number of rotatable bonds is 5. The van der Waals surface area contributed by atoms with E-state index in [9.17, 15) is 5.26 Å². The molecule has 1 aromatic rings. The fourth-order valence-electron chi connectivity index (χ4n) is 3.99. The Morgan fingerprint density at radius 3 is 2.81 bits per heavy atom. The van der Waals surface area contributed by atoms with Crippen molar-refractivity contribution >= 4 is 24.2 Å². The molecule has 3 rings (SSSR count). The Morgan fingerprint density at radius 2 is 2.15 bits per heavy atom. The highest BCUT2D eigenvalue weighted by Crippen LogP contribution is 2.35. The van der Waals surface area contributed by atoms with E-state index in [2.05, 4.69) is 39.8 Å². The van der Waals surface area contributed by atoms with E-state index in [1.54, 1.807) is 0 Å². The summed E-state index contributed by atoms with van der Waals surface area (Å²) in [6.45, 7) is 14.6. The SMILES string of the molecule is C=Nc1c(C#N)ccc(N2C[C@H](CN3CCNCC3)O[C@H](C)C2)c1/C=C\C. The Bertz CT molecular complexity index is 733. The highest BCUT2D eigenvalue weighted by Gasteiger charge is 2.29. The lowest BCUT2D eigenvalue weighted by atomic mass is 10.0. The highest BCUT2D eigenvalue weighted by molar-refractivity contribution is 5.82. The van der Waals surface area contributed by atoms with Crippen LogP contribution < -0.4 is 10.2 Å². The first-order chi connectivity index (χ1) is 13.2. The van der Waals surface area contributed by atoms with Crippen LogP contribution in [0.5, 0.6) is 0 Å². The van der Waals surface area contributed by atoms with Crippen molar-refractivity contribution in [1.29, 1.82) is 5.26 Å². The number of allylic oxidation sites excluding steroid dienone is 1. The third kappa shape index (κ3) is 4.56. The Labute approximate surface area is 162 Å². The zero-order chi connectivity index (χ0) is 19.2. The maximum absolute atomic E-state index is 9.40. The Morgan fingerprint density at radius 1 is 1.37 bits per heavy atom. The lowest BCUT2D eigenvalue weighted by Gasteiger charge is -2.41. The molecular weight excluding hydrogens is 338 g/mol. The fraction of sp³-hybridized carbons (Fsp3) is 0.524. The van der Waals surface area contributed by atoms with Gasteiger partial charge in [0, 0.05) is 57.1 Å². The van der Waals surface area contributed by atoms with Gasteiger partial charge in [0.05, 0.1) is 23.5 Å². The van der Waals surface area contributed by atoms with Gasteiger partial charge in [-0.3, -0.25) is 9.89 Å². The van der Waals surface area contributed by atoms with Gasteiger partial charge in [-0.2, -0.15) is 5.26 Å². The molecule has 0 unspecified atom stereocenters. The number of morpholine rings is 1. The van der Waals surface area contributed by atoms with E-state index in [0.29, 0.717) is 11.3 Å². The summed E-state index contributed by atoms with van der Waals surface area (Å²) >= 11 is 0. The van der Waals surface area contributed by atoms with Crippen molar-refractivity contribution in [3.8, 4) is 6.07 Å². The van der Waals surface area contributed by atoms with Crippen molar-refractivity contribution in [2.24, 2.45) is 4.99 Å². The quantitative estimate of drug-likeness (QED) is 0.810. The average Bonchev–Trinajstić information content (AvgIpc) is 2.68. The summed E-state index contributed by atoms with van der Waals surface area (Å²) in [5.41, 5.74) is 3.27. The average molecular weight is 367 g/mol. The van der Waals surface area contributed by atoms with Crippen molar-refractivity contribution in [2.45, 2.75) is 26.1 Å². The Hall–Kier alpha value is -2.20. The first-order valence-corrected chi connectivity index (χ1v) is 9.66. The van der Waals surface area contributed by atoms with E-state index in [-0.39, 0.29) is 12.2 Å². The second kappa shape index (κ2) is 9.14. The van der Waals surface area contributed by atoms with Gasteiger partial charge in [0.25, 0.3) is 0 Å². The van der Waals surface area contributed by atoms with E-state index in [4.69, 9.17) is 4.74 Å². The van der Waals surface area contributed by atoms with E-state index < -0.39 is 0 Å². The minimum Gasteiger partial charge on any atom is -0.370 e. The normalized spacial score (nSPS) is 24.1. The minimum absolute atomic E-state index is 0.154. The van der Waals surface area contributed by atoms with Crippen LogP contribution in [0, 0.1) is 11.3 Å². The molecule has 0 aliphatic carbocycles. The molecule has 2 aliphatic heterocycles. The molecule has 6 heteroatoms. The van der Waals surface area contributed by atoms with Gasteiger partial charge in [-0.05, 0) is 32.7 Å².